The van der Waals surface area contributed by atoms with Crippen molar-refractivity contribution in [3.63, 3.8) is 0 Å². The molecule has 1 aromatic rings. The molecular weight excluding hydrogens is 254 g/mol. The van der Waals surface area contributed by atoms with Gasteiger partial charge in [0, 0.05) is 25.0 Å². The first-order chi connectivity index (χ1) is 9.36. The maximum atomic E-state index is 5.99. The summed E-state index contributed by atoms with van der Waals surface area (Å²) < 4.78 is 0. The monoisotopic (exact) mass is 277 g/mol. The minimum absolute atomic E-state index is 0.751. The van der Waals surface area contributed by atoms with Crippen LogP contribution in [0.3, 0.4) is 0 Å². The Morgan fingerprint density at radius 1 is 1.05 bits per heavy atom. The summed E-state index contributed by atoms with van der Waals surface area (Å²) in [5, 5.41) is 0. The largest absolute Gasteiger partial charge is 0.295 e. The van der Waals surface area contributed by atoms with Crippen molar-refractivity contribution in [2.45, 2.75) is 57.5 Å². The summed E-state index contributed by atoms with van der Waals surface area (Å²) in [5.74, 6) is 0.751. The van der Waals surface area contributed by atoms with E-state index in [0.717, 1.165) is 25.0 Å². The van der Waals surface area contributed by atoms with Gasteiger partial charge in [-0.1, -0.05) is 31.0 Å². The summed E-state index contributed by atoms with van der Waals surface area (Å²) in [6.45, 7) is 2.12. The number of hydrogen-bond acceptors (Lipinski definition) is 1. The highest BCUT2D eigenvalue weighted by Crippen LogP contribution is 2.27. The Hall–Kier alpha value is -0.530. The van der Waals surface area contributed by atoms with Crippen LogP contribution in [0, 0.1) is 0 Å². The maximum absolute atomic E-state index is 5.99. The van der Waals surface area contributed by atoms with Crippen molar-refractivity contribution in [3.05, 3.63) is 34.9 Å². The van der Waals surface area contributed by atoms with E-state index in [1.165, 1.54) is 50.5 Å². The molecule has 0 radical (unpaired) electrons. The lowest BCUT2D eigenvalue weighted by Gasteiger charge is -2.28. The highest BCUT2D eigenvalue weighted by Gasteiger charge is 2.22. The molecule has 0 aromatic heterocycles. The Balaban J connectivity index is 1.70. The molecule has 0 unspecified atom stereocenters. The molecular formula is C17H24ClN. The predicted molar refractivity (Wildman–Crippen MR) is 81.9 cm³/mol. The SMILES string of the molecule is ClCCN(Cc1ccc2c(c1)CCC2)C1CCCC1. The summed E-state index contributed by atoms with van der Waals surface area (Å²) in [7, 11) is 0. The quantitative estimate of drug-likeness (QED) is 0.731. The van der Waals surface area contributed by atoms with Crippen molar-refractivity contribution in [1.29, 1.82) is 0 Å². The van der Waals surface area contributed by atoms with Gasteiger partial charge in [-0.25, -0.2) is 0 Å². The topological polar surface area (TPSA) is 3.24 Å². The van der Waals surface area contributed by atoms with E-state index >= 15 is 0 Å². The number of nitrogens with zero attached hydrogens (tertiary/aromatic N) is 1. The smallest absolute Gasteiger partial charge is 0.0351 e. The molecule has 0 bridgehead atoms. The van der Waals surface area contributed by atoms with Gasteiger partial charge in [-0.15, -0.1) is 11.6 Å². The van der Waals surface area contributed by atoms with Gasteiger partial charge in [-0.3, -0.25) is 4.90 Å². The molecule has 0 atom stereocenters. The first-order valence-corrected chi connectivity index (χ1v) is 8.31. The summed E-state index contributed by atoms with van der Waals surface area (Å²) in [6, 6.07) is 7.90. The molecule has 1 aromatic carbocycles. The molecule has 0 heterocycles. The lowest BCUT2D eigenvalue weighted by atomic mass is 10.1. The van der Waals surface area contributed by atoms with Gasteiger partial charge in [0.25, 0.3) is 0 Å². The average Bonchev–Trinajstić information content (AvgIpc) is 3.09. The number of halogens is 1. The van der Waals surface area contributed by atoms with Crippen LogP contribution < -0.4 is 0 Å². The van der Waals surface area contributed by atoms with Gasteiger partial charge < -0.3 is 0 Å². The number of hydrogen-bond donors (Lipinski definition) is 0. The second-order valence-electron chi connectivity index (χ2n) is 6.05. The van der Waals surface area contributed by atoms with Gasteiger partial charge in [0.05, 0.1) is 0 Å². The first kappa shape index (κ1) is 13.5. The van der Waals surface area contributed by atoms with Gasteiger partial charge in [-0.2, -0.15) is 0 Å². The van der Waals surface area contributed by atoms with Crippen molar-refractivity contribution in [2.75, 3.05) is 12.4 Å². The van der Waals surface area contributed by atoms with E-state index in [1.807, 2.05) is 0 Å². The van der Waals surface area contributed by atoms with Crippen molar-refractivity contribution in [1.82, 2.24) is 4.90 Å². The molecule has 0 amide bonds. The summed E-state index contributed by atoms with van der Waals surface area (Å²) in [5.41, 5.74) is 4.65. The van der Waals surface area contributed by atoms with E-state index in [-0.39, 0.29) is 0 Å². The highest BCUT2D eigenvalue weighted by atomic mass is 35.5. The molecule has 2 heteroatoms. The minimum atomic E-state index is 0.751. The Kier molecular flexibility index (Phi) is 4.45. The van der Waals surface area contributed by atoms with E-state index in [4.69, 9.17) is 11.6 Å². The fourth-order valence-corrected chi connectivity index (χ4v) is 3.94. The van der Waals surface area contributed by atoms with E-state index in [0.29, 0.717) is 0 Å². The van der Waals surface area contributed by atoms with E-state index in [9.17, 15) is 0 Å². The maximum Gasteiger partial charge on any atom is 0.0351 e. The Bertz CT molecular complexity index is 423. The molecule has 1 nitrogen and oxygen atoms in total. The van der Waals surface area contributed by atoms with Crippen LogP contribution in [0.2, 0.25) is 0 Å². The standard InChI is InChI=1S/C17H24ClN/c18-10-11-19(17-6-1-2-7-17)13-14-8-9-15-4-3-5-16(15)12-14/h8-9,12,17H,1-7,10-11,13H2. The summed E-state index contributed by atoms with van der Waals surface area (Å²) >= 11 is 5.99. The van der Waals surface area contributed by atoms with Crippen LogP contribution >= 0.6 is 11.6 Å². The zero-order chi connectivity index (χ0) is 13.1. The second kappa shape index (κ2) is 6.28. The van der Waals surface area contributed by atoms with Gasteiger partial charge in [0.2, 0.25) is 0 Å². The van der Waals surface area contributed by atoms with Crippen LogP contribution in [0.25, 0.3) is 0 Å². The zero-order valence-corrected chi connectivity index (χ0v) is 12.5. The fraction of sp³-hybridized carbons (Fsp3) is 0.647. The van der Waals surface area contributed by atoms with Gasteiger partial charge in [0.15, 0.2) is 0 Å². The van der Waals surface area contributed by atoms with Crippen LogP contribution in [0.15, 0.2) is 18.2 Å². The van der Waals surface area contributed by atoms with E-state index in [2.05, 4.69) is 23.1 Å². The average molecular weight is 278 g/mol. The molecule has 0 spiro atoms. The minimum Gasteiger partial charge on any atom is -0.295 e. The van der Waals surface area contributed by atoms with Crippen molar-refractivity contribution >= 4 is 11.6 Å². The first-order valence-electron chi connectivity index (χ1n) is 7.77. The Labute approximate surface area is 121 Å². The fourth-order valence-electron chi connectivity index (χ4n) is 3.73. The number of rotatable bonds is 5. The third-order valence-corrected chi connectivity index (χ3v) is 4.93. The molecule has 3 rings (SSSR count). The Morgan fingerprint density at radius 3 is 2.63 bits per heavy atom. The van der Waals surface area contributed by atoms with Gasteiger partial charge in [0.1, 0.15) is 0 Å². The second-order valence-corrected chi connectivity index (χ2v) is 6.43. The normalized spacial score (nSPS) is 19.3. The predicted octanol–water partition coefficient (Wildman–Crippen LogP) is 4.16. The van der Waals surface area contributed by atoms with Crippen LogP contribution in [-0.2, 0) is 19.4 Å². The highest BCUT2D eigenvalue weighted by molar-refractivity contribution is 6.18. The number of benzene rings is 1. The van der Waals surface area contributed by atoms with E-state index < -0.39 is 0 Å². The molecule has 19 heavy (non-hydrogen) atoms. The lowest BCUT2D eigenvalue weighted by Crippen LogP contribution is -2.34. The number of fused-ring (bicyclic) bond motifs is 1. The molecule has 0 aliphatic heterocycles. The molecule has 0 saturated heterocycles. The zero-order valence-electron chi connectivity index (χ0n) is 11.7. The molecule has 104 valence electrons. The van der Waals surface area contributed by atoms with Crippen LogP contribution in [-0.4, -0.2) is 23.4 Å². The van der Waals surface area contributed by atoms with Crippen LogP contribution in [0.4, 0.5) is 0 Å². The van der Waals surface area contributed by atoms with Gasteiger partial charge >= 0.3 is 0 Å². The molecule has 2 aliphatic rings. The molecule has 2 aliphatic carbocycles. The molecule has 1 fully saturated rings. The van der Waals surface area contributed by atoms with Gasteiger partial charge in [-0.05, 0) is 48.8 Å². The third kappa shape index (κ3) is 3.14. The number of alkyl halides is 1. The molecule has 0 N–H and O–H groups in total. The van der Waals surface area contributed by atoms with Crippen molar-refractivity contribution in [3.8, 4) is 0 Å². The number of aryl methyl sites for hydroxylation is 2. The van der Waals surface area contributed by atoms with Crippen LogP contribution in [0.1, 0.15) is 48.8 Å². The third-order valence-electron chi connectivity index (χ3n) is 4.76. The Morgan fingerprint density at radius 2 is 1.84 bits per heavy atom. The van der Waals surface area contributed by atoms with Crippen molar-refractivity contribution < 1.29 is 0 Å². The van der Waals surface area contributed by atoms with Crippen LogP contribution in [0.5, 0.6) is 0 Å². The van der Waals surface area contributed by atoms with Crippen molar-refractivity contribution in [2.24, 2.45) is 0 Å². The van der Waals surface area contributed by atoms with E-state index in [1.54, 1.807) is 11.1 Å². The summed E-state index contributed by atoms with van der Waals surface area (Å²) in [6.07, 6.45) is 9.42. The summed E-state index contributed by atoms with van der Waals surface area (Å²) in [4.78, 5) is 2.61. The molecule has 1 saturated carbocycles. The lowest BCUT2D eigenvalue weighted by molar-refractivity contribution is 0.201.